The third-order valence-corrected chi connectivity index (χ3v) is 5.36. The van der Waals surface area contributed by atoms with E-state index in [1.807, 2.05) is 57.9 Å². The van der Waals surface area contributed by atoms with Gasteiger partial charge >= 0.3 is 7.12 Å². The van der Waals surface area contributed by atoms with Crippen molar-refractivity contribution < 1.29 is 14.1 Å². The molecule has 4 nitrogen and oxygen atoms in total. The van der Waals surface area contributed by atoms with Gasteiger partial charge in [0.25, 0.3) is 5.91 Å². The minimum Gasteiger partial charge on any atom is -0.399 e. The van der Waals surface area contributed by atoms with E-state index in [2.05, 4.69) is 0 Å². The van der Waals surface area contributed by atoms with Gasteiger partial charge in [-0.25, -0.2) is 0 Å². The topological polar surface area (TPSA) is 38.8 Å². The smallest absolute Gasteiger partial charge is 0.399 e. The summed E-state index contributed by atoms with van der Waals surface area (Å²) >= 11 is 1.52. The number of nitrogens with zero attached hydrogens (tertiary/aromatic N) is 1. The van der Waals surface area contributed by atoms with Crippen molar-refractivity contribution in [2.45, 2.75) is 52.7 Å². The maximum atomic E-state index is 12.3. The van der Waals surface area contributed by atoms with Crippen LogP contribution in [0.5, 0.6) is 0 Å². The molecule has 0 unspecified atom stereocenters. The van der Waals surface area contributed by atoms with Crippen LogP contribution in [0.2, 0.25) is 0 Å². The fourth-order valence-electron chi connectivity index (χ4n) is 2.24. The molecule has 1 fully saturated rings. The highest BCUT2D eigenvalue weighted by Crippen LogP contribution is 2.36. The lowest BCUT2D eigenvalue weighted by Gasteiger charge is -2.32. The summed E-state index contributed by atoms with van der Waals surface area (Å²) in [6, 6.07) is 1.90. The minimum atomic E-state index is -0.391. The number of carbonyl (C=O) groups excluding carboxylic acids is 1. The Kier molecular flexibility index (Phi) is 4.52. The summed E-state index contributed by atoms with van der Waals surface area (Å²) in [5, 5.41) is 1.89. The summed E-state index contributed by atoms with van der Waals surface area (Å²) in [5.41, 5.74) is 0.00323. The zero-order chi connectivity index (χ0) is 15.8. The molecule has 0 bridgehead atoms. The Morgan fingerprint density at radius 3 is 2.19 bits per heavy atom. The van der Waals surface area contributed by atoms with Crippen LogP contribution in [0.4, 0.5) is 0 Å². The van der Waals surface area contributed by atoms with Gasteiger partial charge in [0.05, 0.1) is 11.2 Å². The first kappa shape index (κ1) is 16.5. The van der Waals surface area contributed by atoms with Crippen LogP contribution in [0, 0.1) is 0 Å². The van der Waals surface area contributed by atoms with E-state index in [9.17, 15) is 4.79 Å². The van der Waals surface area contributed by atoms with E-state index in [4.69, 9.17) is 9.31 Å². The SMILES string of the molecule is CCN(CC)C(=O)c1csc(B2OC(C)(C)C(C)(C)O2)c1. The van der Waals surface area contributed by atoms with Gasteiger partial charge < -0.3 is 14.2 Å². The zero-order valence-electron chi connectivity index (χ0n) is 13.7. The summed E-state index contributed by atoms with van der Waals surface area (Å²) in [7, 11) is -0.391. The molecular weight excluding hydrogens is 285 g/mol. The molecule has 0 aliphatic carbocycles. The number of amides is 1. The lowest BCUT2D eigenvalue weighted by atomic mass is 9.87. The van der Waals surface area contributed by atoms with Crippen molar-refractivity contribution in [3.63, 3.8) is 0 Å². The van der Waals surface area contributed by atoms with Gasteiger partial charge in [-0.15, -0.1) is 0 Å². The van der Waals surface area contributed by atoms with Gasteiger partial charge in [0.15, 0.2) is 0 Å². The maximum absolute atomic E-state index is 12.3. The molecule has 0 N–H and O–H groups in total. The Hall–Kier alpha value is -0.845. The molecule has 1 saturated heterocycles. The number of rotatable bonds is 4. The Morgan fingerprint density at radius 2 is 1.71 bits per heavy atom. The summed E-state index contributed by atoms with van der Waals surface area (Å²) in [4.78, 5) is 14.2. The molecule has 1 aliphatic rings. The van der Waals surface area contributed by atoms with Crippen LogP contribution in [0.25, 0.3) is 0 Å². The Labute approximate surface area is 131 Å². The van der Waals surface area contributed by atoms with Gasteiger partial charge in [-0.2, -0.15) is 11.3 Å². The Bertz CT molecular complexity index is 507. The Morgan fingerprint density at radius 1 is 1.19 bits per heavy atom. The molecule has 0 atom stereocenters. The van der Waals surface area contributed by atoms with Crippen LogP contribution in [0.1, 0.15) is 51.9 Å². The molecule has 0 aromatic carbocycles. The van der Waals surface area contributed by atoms with Gasteiger partial charge in [0, 0.05) is 28.8 Å². The third-order valence-electron chi connectivity index (χ3n) is 4.40. The minimum absolute atomic E-state index is 0.0685. The van der Waals surface area contributed by atoms with Crippen LogP contribution in [-0.2, 0) is 9.31 Å². The van der Waals surface area contributed by atoms with E-state index in [1.54, 1.807) is 0 Å². The van der Waals surface area contributed by atoms with Crippen LogP contribution in [0.15, 0.2) is 11.4 Å². The molecule has 0 radical (unpaired) electrons. The number of hydrogen-bond donors (Lipinski definition) is 0. The molecule has 1 amide bonds. The van der Waals surface area contributed by atoms with E-state index in [0.29, 0.717) is 5.56 Å². The molecule has 6 heteroatoms. The van der Waals surface area contributed by atoms with Crippen LogP contribution in [-0.4, -0.2) is 42.2 Å². The van der Waals surface area contributed by atoms with E-state index in [0.717, 1.165) is 17.9 Å². The first-order valence-electron chi connectivity index (χ1n) is 7.45. The van der Waals surface area contributed by atoms with Gasteiger partial charge in [-0.1, -0.05) is 0 Å². The van der Waals surface area contributed by atoms with E-state index < -0.39 is 7.12 Å². The lowest BCUT2D eigenvalue weighted by Crippen LogP contribution is -2.41. The van der Waals surface area contributed by atoms with Gasteiger partial charge in [-0.3, -0.25) is 4.79 Å². The molecule has 2 rings (SSSR count). The highest BCUT2D eigenvalue weighted by atomic mass is 32.1. The highest BCUT2D eigenvalue weighted by molar-refractivity contribution is 7.21. The summed E-state index contributed by atoms with van der Waals surface area (Å²) in [6.07, 6.45) is 0. The van der Waals surface area contributed by atoms with Crippen molar-refractivity contribution in [1.82, 2.24) is 4.90 Å². The largest absolute Gasteiger partial charge is 0.505 e. The fraction of sp³-hybridized carbons (Fsp3) is 0.667. The second-order valence-electron chi connectivity index (χ2n) is 6.30. The van der Waals surface area contributed by atoms with E-state index in [-0.39, 0.29) is 17.1 Å². The summed E-state index contributed by atoms with van der Waals surface area (Å²) in [5.74, 6) is 0.0685. The number of hydrogen-bond acceptors (Lipinski definition) is 4. The van der Waals surface area contributed by atoms with Crippen LogP contribution in [0.3, 0.4) is 0 Å². The second kappa shape index (κ2) is 5.74. The summed E-state index contributed by atoms with van der Waals surface area (Å²) < 4.78 is 13.0. The third kappa shape index (κ3) is 3.03. The fourth-order valence-corrected chi connectivity index (χ4v) is 3.08. The van der Waals surface area contributed by atoms with Crippen molar-refractivity contribution in [1.29, 1.82) is 0 Å². The lowest BCUT2D eigenvalue weighted by molar-refractivity contribution is 0.00578. The first-order valence-corrected chi connectivity index (χ1v) is 8.33. The highest BCUT2D eigenvalue weighted by Gasteiger charge is 2.52. The number of thiophene rings is 1. The molecule has 21 heavy (non-hydrogen) atoms. The quantitative estimate of drug-likeness (QED) is 0.802. The molecule has 1 aliphatic heterocycles. The Balaban J connectivity index is 2.17. The van der Waals surface area contributed by atoms with E-state index >= 15 is 0 Å². The first-order chi connectivity index (χ1) is 9.71. The maximum Gasteiger partial charge on any atom is 0.505 e. The molecular formula is C15H24BNO3S. The van der Waals surface area contributed by atoms with Crippen molar-refractivity contribution >= 4 is 29.1 Å². The van der Waals surface area contributed by atoms with Crippen LogP contribution >= 0.6 is 11.3 Å². The molecule has 116 valence electrons. The predicted molar refractivity (Wildman–Crippen MR) is 87.3 cm³/mol. The van der Waals surface area contributed by atoms with Gasteiger partial charge in [0.2, 0.25) is 0 Å². The molecule has 1 aromatic rings. The average Bonchev–Trinajstić information content (AvgIpc) is 2.94. The average molecular weight is 309 g/mol. The van der Waals surface area contributed by atoms with Gasteiger partial charge in [-0.05, 0) is 47.6 Å². The van der Waals surface area contributed by atoms with Crippen molar-refractivity contribution in [2.24, 2.45) is 0 Å². The zero-order valence-corrected chi connectivity index (χ0v) is 14.5. The summed E-state index contributed by atoms with van der Waals surface area (Å²) in [6.45, 7) is 13.5. The standard InChI is InChI=1S/C15H24BNO3S/c1-7-17(8-2)13(18)11-9-12(21-10-11)16-19-14(3,4)15(5,6)20-16/h9-10H,7-8H2,1-6H3. The molecule has 2 heterocycles. The van der Waals surface area contributed by atoms with Crippen LogP contribution < -0.4 is 4.78 Å². The van der Waals surface area contributed by atoms with E-state index in [1.165, 1.54) is 11.3 Å². The van der Waals surface area contributed by atoms with Crippen molar-refractivity contribution in [3.8, 4) is 0 Å². The van der Waals surface area contributed by atoms with Crippen molar-refractivity contribution in [2.75, 3.05) is 13.1 Å². The number of carbonyl (C=O) groups is 1. The second-order valence-corrected chi connectivity index (χ2v) is 7.25. The molecule has 0 saturated carbocycles. The molecule has 0 spiro atoms. The van der Waals surface area contributed by atoms with Crippen molar-refractivity contribution in [3.05, 3.63) is 17.0 Å². The van der Waals surface area contributed by atoms with Gasteiger partial charge in [0.1, 0.15) is 0 Å². The predicted octanol–water partition coefficient (Wildman–Crippen LogP) is 2.53. The normalized spacial score (nSPS) is 19.8. The monoisotopic (exact) mass is 309 g/mol. The molecule has 1 aromatic heterocycles.